The first-order valence-corrected chi connectivity index (χ1v) is 7.17. The first-order valence-electron chi connectivity index (χ1n) is 6.36. The molecule has 0 fully saturated rings. The minimum absolute atomic E-state index is 0.00412. The van der Waals surface area contributed by atoms with E-state index in [0.29, 0.717) is 35.9 Å². The summed E-state index contributed by atoms with van der Waals surface area (Å²) in [6, 6.07) is 0. The second kappa shape index (κ2) is 7.35. The molecule has 0 saturated carbocycles. The summed E-state index contributed by atoms with van der Waals surface area (Å²) < 4.78 is 10.7. The number of anilines is 2. The minimum atomic E-state index is 0.00412. The van der Waals surface area contributed by atoms with E-state index >= 15 is 0 Å². The van der Waals surface area contributed by atoms with E-state index in [1.54, 1.807) is 7.11 Å². The molecule has 0 aromatic carbocycles. The van der Waals surface area contributed by atoms with Crippen molar-refractivity contribution in [1.82, 2.24) is 0 Å². The van der Waals surface area contributed by atoms with Crippen LogP contribution in [0.1, 0.15) is 36.9 Å². The SMILES string of the molecule is CCC(=O)c1sc(NCCOC)c(OC(C)C)c1N. The highest BCUT2D eigenvalue weighted by molar-refractivity contribution is 7.19. The minimum Gasteiger partial charge on any atom is -0.486 e. The summed E-state index contributed by atoms with van der Waals surface area (Å²) in [7, 11) is 1.64. The van der Waals surface area contributed by atoms with Gasteiger partial charge < -0.3 is 20.5 Å². The Morgan fingerprint density at radius 3 is 2.68 bits per heavy atom. The van der Waals surface area contributed by atoms with Gasteiger partial charge in [0.2, 0.25) is 0 Å². The van der Waals surface area contributed by atoms with Crippen molar-refractivity contribution in [3.8, 4) is 5.75 Å². The Kier molecular flexibility index (Phi) is 6.11. The molecular weight excluding hydrogens is 264 g/mol. The van der Waals surface area contributed by atoms with Gasteiger partial charge >= 0.3 is 0 Å². The molecule has 0 unspecified atom stereocenters. The van der Waals surface area contributed by atoms with Crippen LogP contribution in [0.25, 0.3) is 0 Å². The molecule has 0 spiro atoms. The van der Waals surface area contributed by atoms with Crippen molar-refractivity contribution in [2.24, 2.45) is 0 Å². The van der Waals surface area contributed by atoms with E-state index in [1.165, 1.54) is 11.3 Å². The summed E-state index contributed by atoms with van der Waals surface area (Å²) in [6.45, 7) is 6.90. The number of methoxy groups -OCH3 is 1. The van der Waals surface area contributed by atoms with Crippen molar-refractivity contribution in [1.29, 1.82) is 0 Å². The van der Waals surface area contributed by atoms with Crippen LogP contribution in [0.2, 0.25) is 0 Å². The smallest absolute Gasteiger partial charge is 0.177 e. The zero-order valence-electron chi connectivity index (χ0n) is 11.9. The topological polar surface area (TPSA) is 73.6 Å². The lowest BCUT2D eigenvalue weighted by molar-refractivity contribution is 0.0992. The lowest BCUT2D eigenvalue weighted by atomic mass is 10.2. The van der Waals surface area contributed by atoms with Crippen LogP contribution in [-0.2, 0) is 4.74 Å². The van der Waals surface area contributed by atoms with Gasteiger partial charge in [-0.3, -0.25) is 4.79 Å². The molecule has 19 heavy (non-hydrogen) atoms. The van der Waals surface area contributed by atoms with E-state index < -0.39 is 0 Å². The van der Waals surface area contributed by atoms with Crippen LogP contribution in [0.15, 0.2) is 0 Å². The quantitative estimate of drug-likeness (QED) is 0.568. The summed E-state index contributed by atoms with van der Waals surface area (Å²) >= 11 is 1.35. The molecule has 0 bridgehead atoms. The third-order valence-electron chi connectivity index (χ3n) is 2.42. The van der Waals surface area contributed by atoms with Crippen LogP contribution in [-0.4, -0.2) is 32.1 Å². The van der Waals surface area contributed by atoms with Crippen LogP contribution in [0, 0.1) is 0 Å². The highest BCUT2D eigenvalue weighted by Crippen LogP contribution is 2.43. The average molecular weight is 286 g/mol. The van der Waals surface area contributed by atoms with E-state index in [2.05, 4.69) is 5.32 Å². The molecule has 0 aliphatic heterocycles. The van der Waals surface area contributed by atoms with Crippen molar-refractivity contribution < 1.29 is 14.3 Å². The van der Waals surface area contributed by atoms with Crippen LogP contribution in [0.5, 0.6) is 5.75 Å². The average Bonchev–Trinajstić information content (AvgIpc) is 2.66. The number of ether oxygens (including phenoxy) is 2. The fourth-order valence-electron chi connectivity index (χ4n) is 1.53. The number of hydrogen-bond donors (Lipinski definition) is 2. The first-order chi connectivity index (χ1) is 9.01. The lowest BCUT2D eigenvalue weighted by Gasteiger charge is -2.12. The number of nitrogen functional groups attached to an aromatic ring is 1. The molecule has 1 heterocycles. The second-order valence-electron chi connectivity index (χ2n) is 4.37. The van der Waals surface area contributed by atoms with Gasteiger partial charge in [-0.25, -0.2) is 0 Å². The Morgan fingerprint density at radius 2 is 2.16 bits per heavy atom. The summed E-state index contributed by atoms with van der Waals surface area (Å²) in [4.78, 5) is 12.4. The molecule has 0 saturated heterocycles. The van der Waals surface area contributed by atoms with Gasteiger partial charge in [-0.1, -0.05) is 6.92 Å². The monoisotopic (exact) mass is 286 g/mol. The Labute approximate surface area is 118 Å². The van der Waals surface area contributed by atoms with E-state index in [-0.39, 0.29) is 11.9 Å². The highest BCUT2D eigenvalue weighted by Gasteiger charge is 2.21. The van der Waals surface area contributed by atoms with Crippen molar-refractivity contribution in [3.63, 3.8) is 0 Å². The third kappa shape index (κ3) is 4.11. The van der Waals surface area contributed by atoms with Crippen molar-refractivity contribution in [2.45, 2.75) is 33.3 Å². The van der Waals surface area contributed by atoms with E-state index in [4.69, 9.17) is 15.2 Å². The number of carbonyl (C=O) groups excluding carboxylic acids is 1. The maximum absolute atomic E-state index is 11.8. The highest BCUT2D eigenvalue weighted by atomic mass is 32.1. The molecule has 0 aliphatic carbocycles. The number of hydrogen-bond acceptors (Lipinski definition) is 6. The summed E-state index contributed by atoms with van der Waals surface area (Å²) in [5.74, 6) is 0.615. The van der Waals surface area contributed by atoms with Crippen LogP contribution >= 0.6 is 11.3 Å². The van der Waals surface area contributed by atoms with Gasteiger partial charge in [0.1, 0.15) is 5.00 Å². The van der Waals surface area contributed by atoms with Crippen molar-refractivity contribution in [3.05, 3.63) is 4.88 Å². The van der Waals surface area contributed by atoms with E-state index in [0.717, 1.165) is 5.00 Å². The third-order valence-corrected chi connectivity index (χ3v) is 3.60. The maximum Gasteiger partial charge on any atom is 0.177 e. The molecule has 3 N–H and O–H groups in total. The zero-order chi connectivity index (χ0) is 14.4. The molecule has 0 aliphatic rings. The fraction of sp³-hybridized carbons (Fsp3) is 0.615. The van der Waals surface area contributed by atoms with Crippen molar-refractivity contribution in [2.75, 3.05) is 31.3 Å². The molecule has 0 radical (unpaired) electrons. The number of nitrogens with one attached hydrogen (secondary N) is 1. The number of thiophene rings is 1. The molecule has 1 aromatic heterocycles. The standard InChI is InChI=1S/C13H22N2O3S/c1-5-9(16)12-10(14)11(18-8(2)3)13(19-12)15-6-7-17-4/h8,15H,5-7,14H2,1-4H3. The predicted molar refractivity (Wildman–Crippen MR) is 79.5 cm³/mol. The van der Waals surface area contributed by atoms with Gasteiger partial charge in [0, 0.05) is 20.1 Å². The number of rotatable bonds is 8. The van der Waals surface area contributed by atoms with Gasteiger partial charge in [-0.2, -0.15) is 0 Å². The molecule has 0 amide bonds. The summed E-state index contributed by atoms with van der Waals surface area (Å²) in [5.41, 5.74) is 6.46. The number of nitrogens with two attached hydrogens (primary N) is 1. The summed E-state index contributed by atoms with van der Waals surface area (Å²) in [5, 5.41) is 3.99. The Balaban J connectivity index is 3.01. The Morgan fingerprint density at radius 1 is 1.47 bits per heavy atom. The van der Waals surface area contributed by atoms with Gasteiger partial charge in [0.05, 0.1) is 23.3 Å². The predicted octanol–water partition coefficient (Wildman–Crippen LogP) is 2.77. The number of carbonyl (C=O) groups is 1. The normalized spacial score (nSPS) is 10.8. The molecule has 5 nitrogen and oxygen atoms in total. The van der Waals surface area contributed by atoms with Gasteiger partial charge in [0.15, 0.2) is 11.5 Å². The molecule has 0 atom stereocenters. The molecule has 6 heteroatoms. The zero-order valence-corrected chi connectivity index (χ0v) is 12.7. The van der Waals surface area contributed by atoms with Gasteiger partial charge in [-0.15, -0.1) is 11.3 Å². The Hall–Kier alpha value is -1.27. The van der Waals surface area contributed by atoms with E-state index in [1.807, 2.05) is 20.8 Å². The molecule has 1 aromatic rings. The molecule has 1 rings (SSSR count). The van der Waals surface area contributed by atoms with Gasteiger partial charge in [0.25, 0.3) is 0 Å². The molecular formula is C13H22N2O3S. The second-order valence-corrected chi connectivity index (χ2v) is 5.39. The molecule has 108 valence electrons. The Bertz CT molecular complexity index is 430. The first kappa shape index (κ1) is 15.8. The van der Waals surface area contributed by atoms with Crippen LogP contribution in [0.4, 0.5) is 10.7 Å². The van der Waals surface area contributed by atoms with Crippen LogP contribution in [0.3, 0.4) is 0 Å². The lowest BCUT2D eigenvalue weighted by Crippen LogP contribution is -2.11. The summed E-state index contributed by atoms with van der Waals surface area (Å²) in [6.07, 6.45) is 0.438. The number of ketones is 1. The number of Topliss-reactive ketones (excluding diaryl/α,β-unsaturated/α-hetero) is 1. The van der Waals surface area contributed by atoms with Gasteiger partial charge in [-0.05, 0) is 13.8 Å². The maximum atomic E-state index is 11.8. The van der Waals surface area contributed by atoms with E-state index in [9.17, 15) is 4.79 Å². The fourth-order valence-corrected chi connectivity index (χ4v) is 2.62. The van der Waals surface area contributed by atoms with Crippen LogP contribution < -0.4 is 15.8 Å². The van der Waals surface area contributed by atoms with Crippen molar-refractivity contribution >= 4 is 27.8 Å². The largest absolute Gasteiger partial charge is 0.486 e.